The fraction of sp³-hybridized carbons (Fsp3) is 0. The summed E-state index contributed by atoms with van der Waals surface area (Å²) in [5, 5.41) is 0. The van der Waals surface area contributed by atoms with Crippen molar-refractivity contribution in [3.05, 3.63) is 144 Å². The van der Waals surface area contributed by atoms with Gasteiger partial charge in [-0.2, -0.15) is 0 Å². The molecule has 5 rings (SSSR count). The minimum absolute atomic E-state index is 0. The Labute approximate surface area is 185 Å². The van der Waals surface area contributed by atoms with Gasteiger partial charge < -0.3 is 0 Å². The molecule has 1 aliphatic rings. The van der Waals surface area contributed by atoms with Crippen molar-refractivity contribution in [3.8, 4) is 0 Å². The monoisotopic (exact) mass is 459 g/mol. The van der Waals surface area contributed by atoms with Gasteiger partial charge in [0, 0.05) is 19.5 Å². The van der Waals surface area contributed by atoms with Crippen LogP contribution in [0.3, 0.4) is 0 Å². The Balaban J connectivity index is 0.00000205. The summed E-state index contributed by atoms with van der Waals surface area (Å²) in [7, 11) is 0. The maximum absolute atomic E-state index is 2.21. The molecule has 0 unspecified atom stereocenters. The zero-order valence-corrected chi connectivity index (χ0v) is 17.5. The molecule has 4 aromatic carbocycles. The summed E-state index contributed by atoms with van der Waals surface area (Å²) in [4.78, 5) is 0. The van der Waals surface area contributed by atoms with Crippen LogP contribution in [0.4, 0.5) is 0 Å². The fourth-order valence-corrected chi connectivity index (χ4v) is 4.01. The van der Waals surface area contributed by atoms with Crippen molar-refractivity contribution >= 4 is 22.3 Å². The van der Waals surface area contributed by atoms with Crippen LogP contribution in [0.25, 0.3) is 22.3 Å². The molecule has 0 amide bonds. The van der Waals surface area contributed by atoms with Gasteiger partial charge in [0.2, 0.25) is 0 Å². The average molecular weight is 459 g/mol. The minimum atomic E-state index is 0. The van der Waals surface area contributed by atoms with E-state index in [9.17, 15) is 0 Å². The summed E-state index contributed by atoms with van der Waals surface area (Å²) in [6.45, 7) is 0. The van der Waals surface area contributed by atoms with Crippen LogP contribution in [0.15, 0.2) is 121 Å². The zero-order valence-electron chi connectivity index (χ0n) is 15.9. The molecule has 0 saturated carbocycles. The second-order valence-electron chi connectivity index (χ2n) is 6.96. The van der Waals surface area contributed by atoms with Crippen LogP contribution in [0.1, 0.15) is 22.3 Å². The molecule has 0 nitrogen and oxygen atoms in total. The average Bonchev–Trinajstić information content (AvgIpc) is 2.76. The first-order valence-corrected chi connectivity index (χ1v) is 9.64. The van der Waals surface area contributed by atoms with Crippen molar-refractivity contribution < 1.29 is 19.5 Å². The van der Waals surface area contributed by atoms with Crippen molar-refractivity contribution in [3.63, 3.8) is 0 Å². The molecule has 0 bridgehead atoms. The van der Waals surface area contributed by atoms with Gasteiger partial charge in [-0.15, -0.1) is 0 Å². The number of benzene rings is 4. The second-order valence-corrected chi connectivity index (χ2v) is 6.96. The van der Waals surface area contributed by atoms with E-state index in [-0.39, 0.29) is 19.5 Å². The van der Waals surface area contributed by atoms with Crippen LogP contribution in [-0.4, -0.2) is 0 Å². The van der Waals surface area contributed by atoms with Crippen molar-refractivity contribution in [2.45, 2.75) is 0 Å². The van der Waals surface area contributed by atoms with E-state index in [1.165, 1.54) is 44.5 Å². The Morgan fingerprint density at radius 2 is 0.414 bits per heavy atom. The quantitative estimate of drug-likeness (QED) is 0.283. The van der Waals surface area contributed by atoms with Crippen LogP contribution in [0.5, 0.6) is 0 Å². The third-order valence-electron chi connectivity index (χ3n) is 5.25. The Morgan fingerprint density at radius 1 is 0.241 bits per heavy atom. The molecule has 0 fully saturated rings. The van der Waals surface area contributed by atoms with Gasteiger partial charge in [0.05, 0.1) is 0 Å². The van der Waals surface area contributed by atoms with E-state index in [1.54, 1.807) is 0 Å². The zero-order chi connectivity index (χ0) is 18.8. The Bertz CT molecular complexity index is 953. The molecule has 0 saturated heterocycles. The molecule has 0 N–H and O–H groups in total. The topological polar surface area (TPSA) is 0 Å². The summed E-state index contributed by atoms with van der Waals surface area (Å²) in [5.41, 5.74) is 10.4. The molecular formula is C28H20Rh. The molecule has 1 radical (unpaired) electrons. The SMILES string of the molecule is [Rh].c1ccc(C2=C(c3ccccc3)C(c3ccccc3)=C2c2ccccc2)cc1. The number of rotatable bonds is 4. The van der Waals surface area contributed by atoms with Crippen LogP contribution < -0.4 is 0 Å². The third kappa shape index (κ3) is 3.55. The van der Waals surface area contributed by atoms with Gasteiger partial charge >= 0.3 is 0 Å². The summed E-state index contributed by atoms with van der Waals surface area (Å²) >= 11 is 0. The maximum atomic E-state index is 2.21. The van der Waals surface area contributed by atoms with E-state index < -0.39 is 0 Å². The van der Waals surface area contributed by atoms with Gasteiger partial charge in [-0.3, -0.25) is 0 Å². The minimum Gasteiger partial charge on any atom is -0.0622 e. The first-order valence-electron chi connectivity index (χ1n) is 9.64. The molecule has 141 valence electrons. The molecule has 0 aromatic heterocycles. The van der Waals surface area contributed by atoms with E-state index in [1.807, 2.05) is 0 Å². The van der Waals surface area contributed by atoms with Crippen molar-refractivity contribution in [1.82, 2.24) is 0 Å². The van der Waals surface area contributed by atoms with Gasteiger partial charge in [0.25, 0.3) is 0 Å². The van der Waals surface area contributed by atoms with E-state index in [4.69, 9.17) is 0 Å². The second kappa shape index (κ2) is 8.56. The molecule has 0 heterocycles. The largest absolute Gasteiger partial charge is 0.0622 e. The van der Waals surface area contributed by atoms with E-state index in [0.29, 0.717) is 0 Å². The number of hydrogen-bond donors (Lipinski definition) is 0. The Kier molecular flexibility index (Phi) is 5.70. The van der Waals surface area contributed by atoms with Crippen LogP contribution in [-0.2, 0) is 19.5 Å². The molecule has 0 atom stereocenters. The van der Waals surface area contributed by atoms with Crippen molar-refractivity contribution in [2.75, 3.05) is 0 Å². The summed E-state index contributed by atoms with van der Waals surface area (Å²) in [5.74, 6) is 0. The predicted molar refractivity (Wildman–Crippen MR) is 119 cm³/mol. The third-order valence-corrected chi connectivity index (χ3v) is 5.25. The molecule has 29 heavy (non-hydrogen) atoms. The van der Waals surface area contributed by atoms with E-state index in [0.717, 1.165) is 0 Å². The van der Waals surface area contributed by atoms with Crippen LogP contribution >= 0.6 is 0 Å². The maximum Gasteiger partial charge on any atom is 0 e. The Morgan fingerprint density at radius 3 is 0.586 bits per heavy atom. The molecule has 1 aliphatic carbocycles. The fourth-order valence-electron chi connectivity index (χ4n) is 4.01. The van der Waals surface area contributed by atoms with Gasteiger partial charge in [0.1, 0.15) is 0 Å². The first kappa shape index (κ1) is 19.3. The standard InChI is InChI=1S/C28H20.Rh/c1-5-13-21(14-6-1)25-26(22-15-7-2-8-16-22)28(24-19-11-4-12-20-24)27(25)23-17-9-3-10-18-23;/h1-20H;. The molecule has 1 heteroatoms. The predicted octanol–water partition coefficient (Wildman–Crippen LogP) is 7.22. The van der Waals surface area contributed by atoms with Gasteiger partial charge in [-0.05, 0) is 44.5 Å². The molecule has 0 aliphatic heterocycles. The summed E-state index contributed by atoms with van der Waals surface area (Å²) < 4.78 is 0. The first-order chi connectivity index (χ1) is 13.9. The molecule has 4 aromatic rings. The number of hydrogen-bond acceptors (Lipinski definition) is 0. The van der Waals surface area contributed by atoms with Crippen molar-refractivity contribution in [2.24, 2.45) is 0 Å². The van der Waals surface area contributed by atoms with Crippen LogP contribution in [0, 0.1) is 0 Å². The van der Waals surface area contributed by atoms with Crippen LogP contribution in [0.2, 0.25) is 0 Å². The molecule has 0 spiro atoms. The van der Waals surface area contributed by atoms with E-state index in [2.05, 4.69) is 121 Å². The van der Waals surface area contributed by atoms with Gasteiger partial charge in [0.15, 0.2) is 0 Å². The Hall–Kier alpha value is -3.02. The van der Waals surface area contributed by atoms with Crippen molar-refractivity contribution in [1.29, 1.82) is 0 Å². The normalized spacial score (nSPS) is 13.0. The molecular weight excluding hydrogens is 439 g/mol. The smallest absolute Gasteiger partial charge is 0 e. The van der Waals surface area contributed by atoms with Gasteiger partial charge in [-0.1, -0.05) is 121 Å². The summed E-state index contributed by atoms with van der Waals surface area (Å²) in [6.07, 6.45) is 0. The summed E-state index contributed by atoms with van der Waals surface area (Å²) in [6, 6.07) is 43.0. The van der Waals surface area contributed by atoms with Gasteiger partial charge in [-0.25, -0.2) is 0 Å². The van der Waals surface area contributed by atoms with E-state index >= 15 is 0 Å². The number of allylic oxidation sites excluding steroid dienone is 4.